The van der Waals surface area contributed by atoms with Crippen molar-refractivity contribution < 1.29 is 27.1 Å². The van der Waals surface area contributed by atoms with Gasteiger partial charge in [0.1, 0.15) is 5.82 Å². The number of ether oxygens (including phenoxy) is 1. The minimum absolute atomic E-state index is 0.0906. The van der Waals surface area contributed by atoms with E-state index >= 15 is 0 Å². The van der Waals surface area contributed by atoms with Crippen LogP contribution in [0.2, 0.25) is 5.02 Å². The SMILES string of the molecule is COC(=O)c1cc(NC(=O)c2ccc(CN(c3ccccc3F)S(=O)(=O)N(C)C)cc2)ccc1Cl. The molecule has 0 unspecified atom stereocenters. The summed E-state index contributed by atoms with van der Waals surface area (Å²) in [6, 6.07) is 16.2. The van der Waals surface area contributed by atoms with Crippen molar-refractivity contribution in [1.29, 1.82) is 0 Å². The van der Waals surface area contributed by atoms with Crippen molar-refractivity contribution in [2.75, 3.05) is 30.8 Å². The number of halogens is 2. The van der Waals surface area contributed by atoms with Gasteiger partial charge in [0.25, 0.3) is 5.91 Å². The van der Waals surface area contributed by atoms with Gasteiger partial charge in [-0.1, -0.05) is 35.9 Å². The Hall–Kier alpha value is -3.47. The van der Waals surface area contributed by atoms with Crippen LogP contribution in [0.25, 0.3) is 0 Å². The predicted molar refractivity (Wildman–Crippen MR) is 132 cm³/mol. The Bertz CT molecular complexity index is 1350. The lowest BCUT2D eigenvalue weighted by molar-refractivity contribution is 0.0600. The lowest BCUT2D eigenvalue weighted by Crippen LogP contribution is -2.40. The molecule has 0 aliphatic carbocycles. The maximum atomic E-state index is 14.4. The first-order chi connectivity index (χ1) is 16.5. The van der Waals surface area contributed by atoms with Crippen molar-refractivity contribution in [1.82, 2.24) is 4.31 Å². The zero-order chi connectivity index (χ0) is 25.8. The highest BCUT2D eigenvalue weighted by Crippen LogP contribution is 2.26. The molecule has 3 rings (SSSR count). The molecule has 35 heavy (non-hydrogen) atoms. The van der Waals surface area contributed by atoms with Gasteiger partial charge < -0.3 is 10.1 Å². The summed E-state index contributed by atoms with van der Waals surface area (Å²) in [5.41, 5.74) is 1.18. The highest BCUT2D eigenvalue weighted by Gasteiger charge is 2.27. The molecular formula is C24H23ClFN3O5S. The summed E-state index contributed by atoms with van der Waals surface area (Å²) in [4.78, 5) is 24.5. The fourth-order valence-corrected chi connectivity index (χ4v) is 4.44. The van der Waals surface area contributed by atoms with Crippen molar-refractivity contribution in [2.24, 2.45) is 0 Å². The Kier molecular flexibility index (Phi) is 8.11. The monoisotopic (exact) mass is 519 g/mol. The second-order valence-corrected chi connectivity index (χ2v) is 10.1. The Morgan fingerprint density at radius 1 is 1.03 bits per heavy atom. The van der Waals surface area contributed by atoms with Crippen molar-refractivity contribution >= 4 is 45.1 Å². The summed E-state index contributed by atoms with van der Waals surface area (Å²) in [5, 5.41) is 2.86. The van der Waals surface area contributed by atoms with E-state index in [-0.39, 0.29) is 28.4 Å². The van der Waals surface area contributed by atoms with E-state index < -0.39 is 27.9 Å². The van der Waals surface area contributed by atoms with Crippen LogP contribution in [0, 0.1) is 5.82 Å². The van der Waals surface area contributed by atoms with Crippen molar-refractivity contribution in [3.05, 3.63) is 94.3 Å². The molecule has 0 aliphatic heterocycles. The van der Waals surface area contributed by atoms with Crippen LogP contribution in [0.5, 0.6) is 0 Å². The van der Waals surface area contributed by atoms with E-state index in [9.17, 15) is 22.4 Å². The van der Waals surface area contributed by atoms with Crippen LogP contribution in [-0.4, -0.2) is 45.8 Å². The average Bonchev–Trinajstić information content (AvgIpc) is 2.84. The molecule has 0 bridgehead atoms. The Morgan fingerprint density at radius 3 is 2.29 bits per heavy atom. The second-order valence-electron chi connectivity index (χ2n) is 7.59. The lowest BCUT2D eigenvalue weighted by Gasteiger charge is -2.27. The molecule has 3 aromatic carbocycles. The summed E-state index contributed by atoms with van der Waals surface area (Å²) in [5.74, 6) is -1.77. The van der Waals surface area contributed by atoms with E-state index in [0.717, 1.165) is 8.61 Å². The number of carbonyl (C=O) groups excluding carboxylic acids is 2. The van der Waals surface area contributed by atoms with Gasteiger partial charge >= 0.3 is 16.2 Å². The van der Waals surface area contributed by atoms with Crippen LogP contribution in [0.15, 0.2) is 66.7 Å². The average molecular weight is 520 g/mol. The molecule has 0 heterocycles. The fourth-order valence-electron chi connectivity index (χ4n) is 3.14. The van der Waals surface area contributed by atoms with Gasteiger partial charge in [0, 0.05) is 25.3 Å². The van der Waals surface area contributed by atoms with Gasteiger partial charge in [-0.25, -0.2) is 9.18 Å². The lowest BCUT2D eigenvalue weighted by atomic mass is 10.1. The zero-order valence-corrected chi connectivity index (χ0v) is 20.7. The molecule has 0 aliphatic rings. The number of esters is 1. The van der Waals surface area contributed by atoms with E-state index in [0.29, 0.717) is 11.3 Å². The van der Waals surface area contributed by atoms with Crippen molar-refractivity contribution in [2.45, 2.75) is 6.54 Å². The third-order valence-electron chi connectivity index (χ3n) is 5.03. The predicted octanol–water partition coefficient (Wildman–Crippen LogP) is 4.33. The molecule has 1 amide bonds. The zero-order valence-electron chi connectivity index (χ0n) is 19.2. The number of carbonyl (C=O) groups is 2. The van der Waals surface area contributed by atoms with Crippen LogP contribution >= 0.6 is 11.6 Å². The van der Waals surface area contributed by atoms with E-state index in [1.807, 2.05) is 0 Å². The molecule has 0 spiro atoms. The number of hydrogen-bond donors (Lipinski definition) is 1. The number of anilines is 2. The second kappa shape index (κ2) is 10.9. The molecule has 0 saturated carbocycles. The maximum Gasteiger partial charge on any atom is 0.339 e. The molecule has 0 atom stereocenters. The van der Waals surface area contributed by atoms with Gasteiger partial charge in [0.15, 0.2) is 0 Å². The first-order valence-electron chi connectivity index (χ1n) is 10.3. The number of rotatable bonds is 8. The number of nitrogens with zero attached hydrogens (tertiary/aromatic N) is 2. The summed E-state index contributed by atoms with van der Waals surface area (Å²) in [6.07, 6.45) is 0. The van der Waals surface area contributed by atoms with Gasteiger partial charge in [-0.15, -0.1) is 0 Å². The number of amides is 1. The molecule has 0 fully saturated rings. The van der Waals surface area contributed by atoms with Gasteiger partial charge in [-0.2, -0.15) is 12.7 Å². The van der Waals surface area contributed by atoms with Gasteiger partial charge in [-0.3, -0.25) is 9.10 Å². The van der Waals surface area contributed by atoms with Crippen LogP contribution in [0.3, 0.4) is 0 Å². The molecule has 11 heteroatoms. The summed E-state index contributed by atoms with van der Waals surface area (Å²) in [7, 11) is -0.0530. The number of nitrogens with one attached hydrogen (secondary N) is 1. The Morgan fingerprint density at radius 2 is 1.69 bits per heavy atom. The maximum absolute atomic E-state index is 14.4. The minimum atomic E-state index is -4.00. The molecule has 184 valence electrons. The van der Waals surface area contributed by atoms with E-state index in [4.69, 9.17) is 11.6 Å². The van der Waals surface area contributed by atoms with E-state index in [1.165, 1.54) is 63.7 Å². The third kappa shape index (κ3) is 5.97. The summed E-state index contributed by atoms with van der Waals surface area (Å²) < 4.78 is 46.8. The summed E-state index contributed by atoms with van der Waals surface area (Å²) in [6.45, 7) is -0.150. The quantitative estimate of drug-likeness (QED) is 0.447. The van der Waals surface area contributed by atoms with E-state index in [2.05, 4.69) is 10.1 Å². The molecule has 0 radical (unpaired) electrons. The van der Waals surface area contributed by atoms with Crippen LogP contribution in [0.1, 0.15) is 26.3 Å². The van der Waals surface area contributed by atoms with Crippen LogP contribution in [-0.2, 0) is 21.5 Å². The first-order valence-corrected chi connectivity index (χ1v) is 12.0. The number of para-hydroxylation sites is 1. The number of methoxy groups -OCH3 is 1. The number of benzene rings is 3. The largest absolute Gasteiger partial charge is 0.465 e. The molecule has 0 saturated heterocycles. The topological polar surface area (TPSA) is 96.0 Å². The van der Waals surface area contributed by atoms with Crippen LogP contribution in [0.4, 0.5) is 15.8 Å². The highest BCUT2D eigenvalue weighted by atomic mass is 35.5. The molecule has 0 aromatic heterocycles. The van der Waals surface area contributed by atoms with Gasteiger partial charge in [0.05, 0.1) is 29.9 Å². The molecule has 1 N–H and O–H groups in total. The van der Waals surface area contributed by atoms with E-state index in [1.54, 1.807) is 24.3 Å². The number of hydrogen-bond acceptors (Lipinski definition) is 5. The van der Waals surface area contributed by atoms with Gasteiger partial charge in [0.2, 0.25) is 0 Å². The fraction of sp³-hybridized carbons (Fsp3) is 0.167. The standard InChI is InChI=1S/C24H23ClFN3O5S/c1-28(2)35(32,33)29(22-7-5-4-6-21(22)26)15-16-8-10-17(11-9-16)23(30)27-18-12-13-20(25)19(14-18)24(31)34-3/h4-14H,15H2,1-3H3,(H,27,30). The normalized spacial score (nSPS) is 11.3. The molecule has 8 nitrogen and oxygen atoms in total. The highest BCUT2D eigenvalue weighted by molar-refractivity contribution is 7.90. The third-order valence-corrected chi connectivity index (χ3v) is 7.17. The smallest absolute Gasteiger partial charge is 0.339 e. The molecule has 3 aromatic rings. The molecular weight excluding hydrogens is 497 g/mol. The van der Waals surface area contributed by atoms with Crippen molar-refractivity contribution in [3.63, 3.8) is 0 Å². The summed E-state index contributed by atoms with van der Waals surface area (Å²) >= 11 is 6.00. The first kappa shape index (κ1) is 26.1. The van der Waals surface area contributed by atoms with Crippen LogP contribution < -0.4 is 9.62 Å². The Balaban J connectivity index is 1.82. The Labute approximate surface area is 208 Å². The van der Waals surface area contributed by atoms with Gasteiger partial charge in [-0.05, 0) is 48.0 Å². The van der Waals surface area contributed by atoms with Crippen molar-refractivity contribution in [3.8, 4) is 0 Å². The minimum Gasteiger partial charge on any atom is -0.465 e.